The number of aromatic hydroxyl groups is 1. The molecule has 0 fully saturated rings. The van der Waals surface area contributed by atoms with Gasteiger partial charge in [0.25, 0.3) is 0 Å². The van der Waals surface area contributed by atoms with Crippen molar-refractivity contribution < 1.29 is 9.90 Å². The van der Waals surface area contributed by atoms with E-state index in [0.29, 0.717) is 24.9 Å². The molecule has 1 aromatic rings. The van der Waals surface area contributed by atoms with Gasteiger partial charge in [0.1, 0.15) is 5.75 Å². The van der Waals surface area contributed by atoms with Crippen LogP contribution in [-0.2, 0) is 11.2 Å². The Bertz CT molecular complexity index is 403. The van der Waals surface area contributed by atoms with Crippen molar-refractivity contribution >= 4 is 5.91 Å². The Morgan fingerprint density at radius 3 is 2.50 bits per heavy atom. The number of phenols is 1. The lowest BCUT2D eigenvalue weighted by Crippen LogP contribution is -2.41. The molecule has 0 heterocycles. The van der Waals surface area contributed by atoms with Gasteiger partial charge in [-0.05, 0) is 50.9 Å². The summed E-state index contributed by atoms with van der Waals surface area (Å²) in [6, 6.07) is 7.68. The van der Waals surface area contributed by atoms with Crippen LogP contribution in [0.1, 0.15) is 32.8 Å². The first-order chi connectivity index (χ1) is 9.56. The second-order valence-electron chi connectivity index (χ2n) is 5.07. The van der Waals surface area contributed by atoms with E-state index in [-0.39, 0.29) is 5.91 Å². The summed E-state index contributed by atoms with van der Waals surface area (Å²) >= 11 is 0. The highest BCUT2D eigenvalue weighted by atomic mass is 16.3. The number of carbonyl (C=O) groups excluding carboxylic acids is 1. The number of rotatable bonds is 8. The average Bonchev–Trinajstić information content (AvgIpc) is 2.44. The molecule has 1 atom stereocenters. The third-order valence-electron chi connectivity index (χ3n) is 3.54. The third kappa shape index (κ3) is 5.61. The van der Waals surface area contributed by atoms with E-state index in [9.17, 15) is 9.90 Å². The van der Waals surface area contributed by atoms with Crippen LogP contribution in [0.5, 0.6) is 5.75 Å². The second kappa shape index (κ2) is 8.59. The molecule has 1 aromatic carbocycles. The summed E-state index contributed by atoms with van der Waals surface area (Å²) < 4.78 is 0. The summed E-state index contributed by atoms with van der Waals surface area (Å²) in [7, 11) is 0. The van der Waals surface area contributed by atoms with Crippen LogP contribution < -0.4 is 5.32 Å². The van der Waals surface area contributed by atoms with Crippen LogP contribution in [0, 0.1) is 0 Å². The van der Waals surface area contributed by atoms with Gasteiger partial charge in [0.15, 0.2) is 0 Å². The molecule has 0 radical (unpaired) electrons. The molecule has 0 aliphatic rings. The third-order valence-corrected chi connectivity index (χ3v) is 3.54. The molecule has 0 bridgehead atoms. The topological polar surface area (TPSA) is 52.6 Å². The van der Waals surface area contributed by atoms with E-state index in [2.05, 4.69) is 24.1 Å². The Morgan fingerprint density at radius 1 is 1.30 bits per heavy atom. The summed E-state index contributed by atoms with van der Waals surface area (Å²) in [5.41, 5.74) is 1.21. The number of aryl methyl sites for hydroxylation is 1. The zero-order chi connectivity index (χ0) is 15.0. The van der Waals surface area contributed by atoms with Crippen LogP contribution in [0.15, 0.2) is 24.3 Å². The number of hydrogen-bond donors (Lipinski definition) is 2. The normalized spacial score (nSPS) is 12.4. The zero-order valence-electron chi connectivity index (χ0n) is 12.7. The molecular formula is C16H26N2O2. The van der Waals surface area contributed by atoms with Gasteiger partial charge in [-0.1, -0.05) is 19.1 Å². The predicted molar refractivity (Wildman–Crippen MR) is 81.8 cm³/mol. The maximum Gasteiger partial charge on any atom is 0.234 e. The fourth-order valence-corrected chi connectivity index (χ4v) is 2.24. The summed E-state index contributed by atoms with van der Waals surface area (Å²) in [4.78, 5) is 13.8. The predicted octanol–water partition coefficient (Wildman–Crippen LogP) is 2.17. The van der Waals surface area contributed by atoms with Crippen LogP contribution in [0.3, 0.4) is 0 Å². The first kappa shape index (κ1) is 16.5. The highest BCUT2D eigenvalue weighted by Crippen LogP contribution is 2.13. The van der Waals surface area contributed by atoms with E-state index in [0.717, 1.165) is 19.4 Å². The number of carbonyl (C=O) groups is 1. The van der Waals surface area contributed by atoms with Gasteiger partial charge in [-0.25, -0.2) is 0 Å². The Hall–Kier alpha value is -1.55. The number of amides is 1. The van der Waals surface area contributed by atoms with E-state index in [1.54, 1.807) is 12.1 Å². The van der Waals surface area contributed by atoms with Crippen molar-refractivity contribution in [3.05, 3.63) is 29.8 Å². The molecule has 4 heteroatoms. The van der Waals surface area contributed by atoms with Crippen molar-refractivity contribution in [2.24, 2.45) is 0 Å². The van der Waals surface area contributed by atoms with Crippen molar-refractivity contribution in [3.8, 4) is 5.75 Å². The first-order valence-electron chi connectivity index (χ1n) is 7.35. The lowest BCUT2D eigenvalue weighted by molar-refractivity contribution is -0.122. The first-order valence-corrected chi connectivity index (χ1v) is 7.35. The fourth-order valence-electron chi connectivity index (χ4n) is 2.24. The van der Waals surface area contributed by atoms with E-state index in [1.807, 2.05) is 19.1 Å². The average molecular weight is 278 g/mol. The Balaban J connectivity index is 2.44. The quantitative estimate of drug-likeness (QED) is 0.766. The van der Waals surface area contributed by atoms with Crippen LogP contribution in [-0.4, -0.2) is 41.6 Å². The highest BCUT2D eigenvalue weighted by Gasteiger charge is 2.15. The summed E-state index contributed by atoms with van der Waals surface area (Å²) in [5, 5.41) is 12.1. The number of hydrogen-bond acceptors (Lipinski definition) is 3. The summed E-state index contributed by atoms with van der Waals surface area (Å²) in [6.45, 7) is 8.18. The van der Waals surface area contributed by atoms with E-state index in [4.69, 9.17) is 0 Å². The minimum atomic E-state index is 0.0887. The van der Waals surface area contributed by atoms with Gasteiger partial charge in [-0.15, -0.1) is 0 Å². The number of phenolic OH excluding ortho intramolecular Hbond substituents is 1. The van der Waals surface area contributed by atoms with Gasteiger partial charge >= 0.3 is 0 Å². The molecule has 2 N–H and O–H groups in total. The molecule has 0 aromatic heterocycles. The SMILES string of the molecule is CCNC(=O)CN(CC)C(C)CCc1ccc(O)cc1. The van der Waals surface area contributed by atoms with E-state index in [1.165, 1.54) is 5.56 Å². The minimum Gasteiger partial charge on any atom is -0.508 e. The maximum absolute atomic E-state index is 11.6. The number of nitrogens with one attached hydrogen (secondary N) is 1. The highest BCUT2D eigenvalue weighted by molar-refractivity contribution is 5.77. The molecule has 0 saturated heterocycles. The standard InChI is InChI=1S/C16H26N2O2/c1-4-17-16(20)12-18(5-2)13(3)6-7-14-8-10-15(19)11-9-14/h8-11,13,19H,4-7,12H2,1-3H3,(H,17,20). The van der Waals surface area contributed by atoms with Gasteiger partial charge in [0.2, 0.25) is 5.91 Å². The molecule has 0 saturated carbocycles. The Kier molecular flexibility index (Phi) is 7.09. The van der Waals surface area contributed by atoms with Gasteiger partial charge in [0, 0.05) is 12.6 Å². The molecule has 0 spiro atoms. The molecule has 1 rings (SSSR count). The monoisotopic (exact) mass is 278 g/mol. The van der Waals surface area contributed by atoms with Gasteiger partial charge in [-0.2, -0.15) is 0 Å². The smallest absolute Gasteiger partial charge is 0.234 e. The summed E-state index contributed by atoms with van der Waals surface area (Å²) in [5.74, 6) is 0.388. The van der Waals surface area contributed by atoms with Crippen molar-refractivity contribution in [3.63, 3.8) is 0 Å². The second-order valence-corrected chi connectivity index (χ2v) is 5.07. The lowest BCUT2D eigenvalue weighted by atomic mass is 10.0. The van der Waals surface area contributed by atoms with Crippen molar-refractivity contribution in [1.82, 2.24) is 10.2 Å². The molecule has 1 unspecified atom stereocenters. The minimum absolute atomic E-state index is 0.0887. The van der Waals surface area contributed by atoms with E-state index >= 15 is 0 Å². The lowest BCUT2D eigenvalue weighted by Gasteiger charge is -2.27. The zero-order valence-corrected chi connectivity index (χ0v) is 12.7. The van der Waals surface area contributed by atoms with Crippen molar-refractivity contribution in [2.45, 2.75) is 39.7 Å². The number of nitrogens with zero attached hydrogens (tertiary/aromatic N) is 1. The van der Waals surface area contributed by atoms with E-state index < -0.39 is 0 Å². The maximum atomic E-state index is 11.6. The molecule has 112 valence electrons. The Labute approximate surface area is 121 Å². The van der Waals surface area contributed by atoms with Crippen molar-refractivity contribution in [2.75, 3.05) is 19.6 Å². The van der Waals surface area contributed by atoms with Crippen LogP contribution in [0.2, 0.25) is 0 Å². The largest absolute Gasteiger partial charge is 0.508 e. The van der Waals surface area contributed by atoms with Crippen LogP contribution in [0.4, 0.5) is 0 Å². The molecule has 1 amide bonds. The Morgan fingerprint density at radius 2 is 1.95 bits per heavy atom. The van der Waals surface area contributed by atoms with Gasteiger partial charge in [-0.3, -0.25) is 9.69 Å². The van der Waals surface area contributed by atoms with Crippen molar-refractivity contribution in [1.29, 1.82) is 0 Å². The molecular weight excluding hydrogens is 252 g/mol. The number of benzene rings is 1. The number of likely N-dealkylation sites (N-methyl/N-ethyl adjacent to an activating group) is 2. The van der Waals surface area contributed by atoms with Crippen LogP contribution in [0.25, 0.3) is 0 Å². The van der Waals surface area contributed by atoms with Gasteiger partial charge in [0.05, 0.1) is 6.54 Å². The van der Waals surface area contributed by atoms with Gasteiger partial charge < -0.3 is 10.4 Å². The summed E-state index contributed by atoms with van der Waals surface area (Å²) in [6.07, 6.45) is 1.95. The fraction of sp³-hybridized carbons (Fsp3) is 0.562. The molecule has 0 aliphatic heterocycles. The molecule has 4 nitrogen and oxygen atoms in total. The molecule has 0 aliphatic carbocycles. The van der Waals surface area contributed by atoms with Crippen LogP contribution >= 0.6 is 0 Å². The molecule has 20 heavy (non-hydrogen) atoms.